The van der Waals surface area contributed by atoms with Crippen molar-refractivity contribution in [2.45, 2.75) is 6.10 Å². The molecule has 4 nitrogen and oxygen atoms in total. The second kappa shape index (κ2) is 9.02. The van der Waals surface area contributed by atoms with E-state index in [2.05, 4.69) is 4.98 Å². The van der Waals surface area contributed by atoms with Gasteiger partial charge in [-0.3, -0.25) is 0 Å². The van der Waals surface area contributed by atoms with Crippen LogP contribution in [0, 0.1) is 0 Å². The number of nitrogens with zero attached hydrogens (tertiary/aromatic N) is 1. The largest absolute Gasteiger partial charge is 0.480 e. The quantitative estimate of drug-likeness (QED) is 0.364. The molecule has 0 saturated carbocycles. The van der Waals surface area contributed by atoms with Crippen molar-refractivity contribution in [2.24, 2.45) is 0 Å². The maximum Gasteiger partial charge on any atom is 0.329 e. The van der Waals surface area contributed by atoms with Gasteiger partial charge in [0.2, 0.25) is 0 Å². The van der Waals surface area contributed by atoms with Gasteiger partial charge in [0.05, 0.1) is 11.2 Å². The zero-order valence-corrected chi connectivity index (χ0v) is 18.4. The smallest absolute Gasteiger partial charge is 0.329 e. The summed E-state index contributed by atoms with van der Waals surface area (Å²) in [6, 6.07) is 23.6. The molecule has 5 rings (SSSR count). The highest BCUT2D eigenvalue weighted by atomic mass is 35.5. The van der Waals surface area contributed by atoms with E-state index in [0.29, 0.717) is 5.02 Å². The molecule has 33 heavy (non-hydrogen) atoms. The number of carbonyl (C=O) groups is 1. The van der Waals surface area contributed by atoms with Gasteiger partial charge >= 0.3 is 5.97 Å². The Kier molecular flexibility index (Phi) is 5.78. The summed E-state index contributed by atoms with van der Waals surface area (Å²) in [5.41, 5.74) is 6.52. The van der Waals surface area contributed by atoms with Crippen molar-refractivity contribution in [3.8, 4) is 0 Å². The number of pyridine rings is 1. The van der Waals surface area contributed by atoms with Crippen LogP contribution in [0.3, 0.4) is 0 Å². The highest BCUT2D eigenvalue weighted by Crippen LogP contribution is 2.36. The van der Waals surface area contributed by atoms with Crippen LogP contribution in [0.15, 0.2) is 72.8 Å². The molecule has 1 N–H and O–H groups in total. The maximum atomic E-state index is 11.2. The molecule has 0 amide bonds. The van der Waals surface area contributed by atoms with Crippen LogP contribution in [-0.2, 0) is 9.53 Å². The van der Waals surface area contributed by atoms with E-state index in [0.717, 1.165) is 44.4 Å². The molecule has 1 atom stereocenters. The minimum absolute atomic E-state index is 0.373. The molecule has 0 spiro atoms. The number of carboxylic acid groups (broad SMARTS) is 1. The summed E-state index contributed by atoms with van der Waals surface area (Å²) in [7, 11) is 0. The van der Waals surface area contributed by atoms with E-state index in [9.17, 15) is 9.90 Å². The number of ether oxygens (including phenoxy) is 1. The topological polar surface area (TPSA) is 59.4 Å². The van der Waals surface area contributed by atoms with Crippen LogP contribution >= 0.6 is 11.6 Å². The van der Waals surface area contributed by atoms with Crippen molar-refractivity contribution in [3.63, 3.8) is 0 Å². The predicted octanol–water partition coefficient (Wildman–Crippen LogP) is 6.73. The normalized spacial score (nSPS) is 14.8. The summed E-state index contributed by atoms with van der Waals surface area (Å²) in [4.78, 5) is 15.9. The van der Waals surface area contributed by atoms with Crippen molar-refractivity contribution in [3.05, 3.63) is 111 Å². The van der Waals surface area contributed by atoms with Crippen LogP contribution in [0.2, 0.25) is 5.02 Å². The van der Waals surface area contributed by atoms with Crippen LogP contribution in [0.25, 0.3) is 35.2 Å². The average molecular weight is 454 g/mol. The molecular weight excluding hydrogens is 434 g/mol. The second-order valence-corrected chi connectivity index (χ2v) is 8.28. The molecule has 0 saturated heterocycles. The summed E-state index contributed by atoms with van der Waals surface area (Å²) in [6.07, 6.45) is 7.55. The number of hydrogen-bond acceptors (Lipinski definition) is 3. The average Bonchev–Trinajstić information content (AvgIpc) is 2.97. The van der Waals surface area contributed by atoms with Gasteiger partial charge in [-0.05, 0) is 58.2 Å². The van der Waals surface area contributed by atoms with E-state index in [4.69, 9.17) is 16.3 Å². The maximum absolute atomic E-state index is 11.2. The third-order valence-corrected chi connectivity index (χ3v) is 5.85. The molecule has 0 aliphatic heterocycles. The first kappa shape index (κ1) is 21.1. The molecule has 4 aromatic rings. The highest BCUT2D eigenvalue weighted by Gasteiger charge is 2.23. The molecule has 1 aromatic heterocycles. The van der Waals surface area contributed by atoms with E-state index in [-0.39, 0.29) is 6.61 Å². The zero-order valence-electron chi connectivity index (χ0n) is 17.6. The molecule has 162 valence electrons. The van der Waals surface area contributed by atoms with Crippen LogP contribution in [0.5, 0.6) is 0 Å². The summed E-state index contributed by atoms with van der Waals surface area (Å²) < 4.78 is 5.87. The van der Waals surface area contributed by atoms with Gasteiger partial charge in [0.15, 0.2) is 0 Å². The molecular formula is C28H20ClNO3. The lowest BCUT2D eigenvalue weighted by Crippen LogP contribution is -2.14. The third kappa shape index (κ3) is 4.58. The van der Waals surface area contributed by atoms with Crippen LogP contribution < -0.4 is 0 Å². The first-order valence-electron chi connectivity index (χ1n) is 10.6. The van der Waals surface area contributed by atoms with Gasteiger partial charge < -0.3 is 9.84 Å². The van der Waals surface area contributed by atoms with Crippen molar-refractivity contribution in [2.75, 3.05) is 6.61 Å². The van der Waals surface area contributed by atoms with Gasteiger partial charge in [0.25, 0.3) is 0 Å². The SMILES string of the molecule is O=C(O)COC1c2ccccc2C=Cc2ccc(/C=C/c3ccc4ccc(Cl)cc4n3)cc21. The Bertz CT molecular complexity index is 1420. The standard InChI is InChI=1S/C28H20ClNO3/c29-22-12-10-21-11-14-23(30-26(21)16-22)13-6-18-5-7-20-9-8-19-3-1-2-4-24(19)28(25(20)15-18)33-17-27(31)32/h1-16,28H,17H2,(H,31,32)/b13-6+. The molecule has 1 aliphatic rings. The van der Waals surface area contributed by atoms with Crippen LogP contribution in [-0.4, -0.2) is 22.7 Å². The van der Waals surface area contributed by atoms with Crippen molar-refractivity contribution < 1.29 is 14.6 Å². The first-order chi connectivity index (χ1) is 16.1. The van der Waals surface area contributed by atoms with E-state index in [1.165, 1.54) is 0 Å². The monoisotopic (exact) mass is 453 g/mol. The predicted molar refractivity (Wildman–Crippen MR) is 133 cm³/mol. The number of aliphatic carboxylic acids is 1. The summed E-state index contributed by atoms with van der Waals surface area (Å²) in [6.45, 7) is -0.373. The van der Waals surface area contributed by atoms with Crippen LogP contribution in [0.4, 0.5) is 0 Å². The van der Waals surface area contributed by atoms with Gasteiger partial charge in [0.1, 0.15) is 12.7 Å². The summed E-state index contributed by atoms with van der Waals surface area (Å²) in [5, 5.41) is 10.9. The van der Waals surface area contributed by atoms with Crippen molar-refractivity contribution in [1.29, 1.82) is 0 Å². The highest BCUT2D eigenvalue weighted by molar-refractivity contribution is 6.31. The van der Waals surface area contributed by atoms with Gasteiger partial charge in [-0.15, -0.1) is 0 Å². The molecule has 1 heterocycles. The number of hydrogen-bond donors (Lipinski definition) is 1. The number of halogens is 1. The third-order valence-electron chi connectivity index (χ3n) is 5.61. The number of fused-ring (bicyclic) bond motifs is 3. The number of carboxylic acids is 1. The fourth-order valence-corrected chi connectivity index (χ4v) is 4.21. The van der Waals surface area contributed by atoms with Crippen LogP contribution in [0.1, 0.15) is 39.6 Å². The van der Waals surface area contributed by atoms with E-state index >= 15 is 0 Å². The second-order valence-electron chi connectivity index (χ2n) is 7.84. The fraction of sp³-hybridized carbons (Fsp3) is 0.0714. The fourth-order valence-electron chi connectivity index (χ4n) is 4.04. The van der Waals surface area contributed by atoms with Crippen molar-refractivity contribution in [1.82, 2.24) is 4.98 Å². The lowest BCUT2D eigenvalue weighted by Gasteiger charge is -2.20. The Morgan fingerprint density at radius 2 is 1.73 bits per heavy atom. The van der Waals surface area contributed by atoms with Gasteiger partial charge in [0, 0.05) is 10.4 Å². The molecule has 3 aromatic carbocycles. The molecule has 1 unspecified atom stereocenters. The number of benzene rings is 3. The summed E-state index contributed by atoms with van der Waals surface area (Å²) >= 11 is 6.11. The molecule has 0 fully saturated rings. The Labute approximate surface area is 196 Å². The van der Waals surface area contributed by atoms with Gasteiger partial charge in [-0.1, -0.05) is 78.4 Å². The minimum atomic E-state index is -0.996. The van der Waals surface area contributed by atoms with Gasteiger partial charge in [-0.2, -0.15) is 0 Å². The first-order valence-corrected chi connectivity index (χ1v) is 10.9. The number of aromatic nitrogens is 1. The lowest BCUT2D eigenvalue weighted by atomic mass is 9.94. The Morgan fingerprint density at radius 1 is 0.939 bits per heavy atom. The van der Waals surface area contributed by atoms with E-state index in [1.807, 2.05) is 97.1 Å². The lowest BCUT2D eigenvalue weighted by molar-refractivity contribution is -0.143. The van der Waals surface area contributed by atoms with Gasteiger partial charge in [-0.25, -0.2) is 9.78 Å². The minimum Gasteiger partial charge on any atom is -0.480 e. The Hall–Kier alpha value is -3.73. The van der Waals surface area contributed by atoms with E-state index in [1.54, 1.807) is 0 Å². The molecule has 5 heteroatoms. The number of rotatable bonds is 5. The molecule has 1 aliphatic carbocycles. The molecule has 0 radical (unpaired) electrons. The van der Waals surface area contributed by atoms with E-state index < -0.39 is 12.1 Å². The molecule has 0 bridgehead atoms. The zero-order chi connectivity index (χ0) is 22.8. The Balaban J connectivity index is 1.51. The Morgan fingerprint density at radius 3 is 2.58 bits per heavy atom. The van der Waals surface area contributed by atoms with Crippen molar-refractivity contribution >= 4 is 52.8 Å². The summed E-state index contributed by atoms with van der Waals surface area (Å²) in [5.74, 6) is -0.996.